The summed E-state index contributed by atoms with van der Waals surface area (Å²) in [5.74, 6) is -1.80. The van der Waals surface area contributed by atoms with Crippen LogP contribution in [0.5, 0.6) is 0 Å². The van der Waals surface area contributed by atoms with Gasteiger partial charge in [-0.1, -0.05) is 34.8 Å². The molecule has 1 fully saturated rings. The van der Waals surface area contributed by atoms with Crippen LogP contribution >= 0.6 is 58.0 Å². The largest absolute Gasteiger partial charge is 0.336 e. The summed E-state index contributed by atoms with van der Waals surface area (Å²) in [6.07, 6.45) is 3.70. The molecule has 0 radical (unpaired) electrons. The van der Waals surface area contributed by atoms with Crippen LogP contribution in [-0.4, -0.2) is 25.6 Å². The Morgan fingerprint density at radius 1 is 1.03 bits per heavy atom. The monoisotopic (exact) mass is 579 g/mol. The molecule has 36 heavy (non-hydrogen) atoms. The van der Waals surface area contributed by atoms with Gasteiger partial charge in [0.1, 0.15) is 9.98 Å². The molecule has 1 amide bonds. The lowest BCUT2D eigenvalue weighted by molar-refractivity contribution is -0.117. The lowest BCUT2D eigenvalue weighted by Crippen LogP contribution is -2.17. The van der Waals surface area contributed by atoms with E-state index >= 15 is 0 Å². The van der Waals surface area contributed by atoms with E-state index in [1.807, 2.05) is 29.9 Å². The Bertz CT molecular complexity index is 1510. The van der Waals surface area contributed by atoms with E-state index in [4.69, 9.17) is 58.0 Å². The van der Waals surface area contributed by atoms with E-state index in [2.05, 4.69) is 10.3 Å². The van der Waals surface area contributed by atoms with Crippen LogP contribution in [0.4, 0.5) is 5.69 Å². The number of alkyl halides is 2. The zero-order chi connectivity index (χ0) is 25.8. The number of Topliss-reactive ketones (excluding diaryl/α,β-unsaturated/α-hetero) is 1. The highest BCUT2D eigenvalue weighted by atomic mass is 35.5. The molecule has 1 aliphatic rings. The van der Waals surface area contributed by atoms with Crippen LogP contribution in [0.25, 0.3) is 11.0 Å². The van der Waals surface area contributed by atoms with Crippen molar-refractivity contribution in [3.63, 3.8) is 0 Å². The van der Waals surface area contributed by atoms with Gasteiger partial charge in [-0.05, 0) is 59.7 Å². The molecule has 5 rings (SSSR count). The number of pyridine rings is 1. The summed E-state index contributed by atoms with van der Waals surface area (Å²) >= 11 is 31.4. The topological polar surface area (TPSA) is 64.0 Å². The van der Waals surface area contributed by atoms with Crippen LogP contribution in [0, 0.1) is 5.92 Å². The van der Waals surface area contributed by atoms with Gasteiger partial charge in [0.2, 0.25) is 5.91 Å². The normalized spacial score (nSPS) is 18.3. The molecule has 10 heteroatoms. The number of nitrogens with zero attached hydrogens (tertiary/aromatic N) is 2. The first-order chi connectivity index (χ1) is 17.0. The number of benzene rings is 2. The lowest BCUT2D eigenvalue weighted by atomic mass is 10.0. The second-order valence-corrected chi connectivity index (χ2v) is 11.5. The standard InChI is InChI=1S/C26H18Cl5N3O2/c1-34-5-4-14-6-13(12-32-24(14)34)7-21(35)19-11-18(2-3-20(19)29)33-25(36)23-22(26(23,30)31)15-8-16(27)10-17(28)9-15/h2-6,8-12,22-23H,7H2,1H3,(H,33,36). The molecule has 2 aromatic carbocycles. The molecule has 0 aliphatic heterocycles. The van der Waals surface area contributed by atoms with Crippen LogP contribution in [0.15, 0.2) is 60.9 Å². The maximum atomic E-state index is 13.1. The number of rotatable bonds is 6. The van der Waals surface area contributed by atoms with E-state index in [0.717, 1.165) is 16.6 Å². The van der Waals surface area contributed by atoms with Crippen molar-refractivity contribution in [2.24, 2.45) is 13.0 Å². The zero-order valence-corrected chi connectivity index (χ0v) is 22.5. The predicted octanol–water partition coefficient (Wildman–Crippen LogP) is 7.48. The van der Waals surface area contributed by atoms with Gasteiger partial charge in [-0.15, -0.1) is 23.2 Å². The number of hydrogen-bond acceptors (Lipinski definition) is 3. The van der Waals surface area contributed by atoms with Crippen molar-refractivity contribution in [3.05, 3.63) is 92.7 Å². The van der Waals surface area contributed by atoms with Crippen molar-refractivity contribution < 1.29 is 9.59 Å². The van der Waals surface area contributed by atoms with Crippen LogP contribution in [-0.2, 0) is 18.3 Å². The minimum atomic E-state index is -1.31. The van der Waals surface area contributed by atoms with Gasteiger partial charge in [0.05, 0.1) is 10.9 Å². The van der Waals surface area contributed by atoms with Crippen molar-refractivity contribution in [1.29, 1.82) is 0 Å². The fraction of sp³-hybridized carbons (Fsp3) is 0.192. The number of hydrogen-bond donors (Lipinski definition) is 1. The van der Waals surface area contributed by atoms with Gasteiger partial charge in [-0.3, -0.25) is 9.59 Å². The maximum Gasteiger partial charge on any atom is 0.231 e. The summed E-state index contributed by atoms with van der Waals surface area (Å²) in [5, 5.41) is 4.88. The average molecular weight is 582 g/mol. The molecule has 2 unspecified atom stereocenters. The van der Waals surface area contributed by atoms with Gasteiger partial charge < -0.3 is 9.88 Å². The first-order valence-electron chi connectivity index (χ1n) is 10.9. The summed E-state index contributed by atoms with van der Waals surface area (Å²) < 4.78 is 0.595. The van der Waals surface area contributed by atoms with Crippen molar-refractivity contribution >= 4 is 86.4 Å². The molecule has 0 spiro atoms. The van der Waals surface area contributed by atoms with E-state index < -0.39 is 16.2 Å². The highest BCUT2D eigenvalue weighted by Crippen LogP contribution is 2.65. The van der Waals surface area contributed by atoms with Crippen molar-refractivity contribution in [2.75, 3.05) is 5.32 Å². The van der Waals surface area contributed by atoms with E-state index in [0.29, 0.717) is 26.9 Å². The first kappa shape index (κ1) is 25.4. The number of carbonyl (C=O) groups excluding carboxylic acids is 2. The number of halogens is 5. The highest BCUT2D eigenvalue weighted by Gasteiger charge is 2.67. The summed E-state index contributed by atoms with van der Waals surface area (Å²) in [5.41, 5.74) is 2.97. The average Bonchev–Trinajstić information content (AvgIpc) is 3.21. The number of aromatic nitrogens is 2. The lowest BCUT2D eigenvalue weighted by Gasteiger charge is -2.09. The van der Waals surface area contributed by atoms with E-state index in [1.54, 1.807) is 42.6 Å². The smallest absolute Gasteiger partial charge is 0.231 e. The van der Waals surface area contributed by atoms with Crippen LogP contribution in [0.2, 0.25) is 15.1 Å². The molecule has 4 aromatic rings. The summed E-state index contributed by atoms with van der Waals surface area (Å²) in [6.45, 7) is 0. The Morgan fingerprint density at radius 2 is 1.75 bits per heavy atom. The minimum Gasteiger partial charge on any atom is -0.336 e. The highest BCUT2D eigenvalue weighted by molar-refractivity contribution is 6.53. The maximum absolute atomic E-state index is 13.1. The number of aryl methyl sites for hydroxylation is 1. The third kappa shape index (κ3) is 4.83. The number of fused-ring (bicyclic) bond motifs is 1. The first-order valence-corrected chi connectivity index (χ1v) is 12.8. The van der Waals surface area contributed by atoms with Crippen LogP contribution in [0.1, 0.15) is 27.4 Å². The predicted molar refractivity (Wildman–Crippen MR) is 146 cm³/mol. The minimum absolute atomic E-state index is 0.113. The molecule has 0 saturated heterocycles. The van der Waals surface area contributed by atoms with Gasteiger partial charge in [-0.25, -0.2) is 4.98 Å². The molecule has 0 bridgehead atoms. The van der Waals surface area contributed by atoms with Crippen molar-refractivity contribution in [3.8, 4) is 0 Å². The molecule has 1 N–H and O–H groups in total. The molecule has 2 heterocycles. The molecule has 5 nitrogen and oxygen atoms in total. The summed E-state index contributed by atoms with van der Waals surface area (Å²) in [6, 6.07) is 13.6. The quantitative estimate of drug-likeness (QED) is 0.190. The fourth-order valence-electron chi connectivity index (χ4n) is 4.44. The number of amides is 1. The van der Waals surface area contributed by atoms with Crippen LogP contribution in [0.3, 0.4) is 0 Å². The van der Waals surface area contributed by atoms with Gasteiger partial charge in [-0.2, -0.15) is 0 Å². The third-order valence-electron chi connectivity index (χ3n) is 6.24. The van der Waals surface area contributed by atoms with Crippen molar-refractivity contribution in [1.82, 2.24) is 9.55 Å². The van der Waals surface area contributed by atoms with Gasteiger partial charge >= 0.3 is 0 Å². The molecule has 184 valence electrons. The molecule has 2 aromatic heterocycles. The Hall–Kier alpha value is -2.28. The Labute approximate surface area is 232 Å². The van der Waals surface area contributed by atoms with E-state index in [1.165, 1.54) is 0 Å². The molecule has 2 atom stereocenters. The zero-order valence-electron chi connectivity index (χ0n) is 18.7. The SMILES string of the molecule is Cn1ccc2cc(CC(=O)c3cc(NC(=O)C4C(c5cc(Cl)cc(Cl)c5)C4(Cl)Cl)ccc3Cl)cnc21. The summed E-state index contributed by atoms with van der Waals surface area (Å²) in [4.78, 5) is 30.5. The summed E-state index contributed by atoms with van der Waals surface area (Å²) in [7, 11) is 1.91. The van der Waals surface area contributed by atoms with Crippen LogP contribution < -0.4 is 5.32 Å². The second kappa shape index (κ2) is 9.55. The third-order valence-corrected chi connectivity index (χ3v) is 7.95. The van der Waals surface area contributed by atoms with Crippen molar-refractivity contribution in [2.45, 2.75) is 16.7 Å². The van der Waals surface area contributed by atoms with Gasteiger partial charge in [0.15, 0.2) is 5.78 Å². The number of ketones is 1. The van der Waals surface area contributed by atoms with E-state index in [9.17, 15) is 9.59 Å². The molecule has 1 saturated carbocycles. The Balaban J connectivity index is 1.33. The van der Waals surface area contributed by atoms with E-state index in [-0.39, 0.29) is 23.1 Å². The Morgan fingerprint density at radius 3 is 2.47 bits per heavy atom. The molecular formula is C26H18Cl5N3O2. The van der Waals surface area contributed by atoms with Gasteiger partial charge in [0, 0.05) is 58.5 Å². The number of anilines is 1. The van der Waals surface area contributed by atoms with Gasteiger partial charge in [0.25, 0.3) is 0 Å². The second-order valence-electron chi connectivity index (χ2n) is 8.80. The number of carbonyl (C=O) groups is 2. The Kier molecular flexibility index (Phi) is 6.73. The number of nitrogens with one attached hydrogen (secondary N) is 1. The molecular weight excluding hydrogens is 564 g/mol. The molecule has 1 aliphatic carbocycles. The fourth-order valence-corrected chi connectivity index (χ4v) is 6.03.